The Bertz CT molecular complexity index is 437. The predicted octanol–water partition coefficient (Wildman–Crippen LogP) is 4.45. The van der Waals surface area contributed by atoms with Gasteiger partial charge >= 0.3 is 0 Å². The summed E-state index contributed by atoms with van der Waals surface area (Å²) in [4.78, 5) is 11.4. The topological polar surface area (TPSA) is 44.8 Å². The van der Waals surface area contributed by atoms with E-state index in [2.05, 4.69) is 33.9 Å². The predicted molar refractivity (Wildman–Crippen MR) is 96.0 cm³/mol. The van der Waals surface area contributed by atoms with Gasteiger partial charge in [-0.25, -0.2) is 0 Å². The summed E-state index contributed by atoms with van der Waals surface area (Å²) in [6, 6.07) is 0. The molecule has 134 valence electrons. The third-order valence-corrected chi connectivity index (χ3v) is 9.57. The minimum Gasteiger partial charge on any atom is -0.410 e. The number of rotatable bonds is 7. The first-order valence-electron chi connectivity index (χ1n) is 8.61. The van der Waals surface area contributed by atoms with Gasteiger partial charge in [0.25, 0.3) is 0 Å². The van der Waals surface area contributed by atoms with Gasteiger partial charge in [-0.2, -0.15) is 0 Å². The quantitative estimate of drug-likeness (QED) is 0.389. The average Bonchev–Trinajstić information content (AvgIpc) is 2.40. The second kappa shape index (κ2) is 8.06. The van der Waals surface area contributed by atoms with Gasteiger partial charge in [0.1, 0.15) is 6.29 Å². The van der Waals surface area contributed by atoms with Gasteiger partial charge in [-0.3, -0.25) is 4.79 Å². The summed E-state index contributed by atoms with van der Waals surface area (Å²) in [6.07, 6.45) is 2.05. The molecule has 0 spiro atoms. The first-order valence-corrected chi connectivity index (χ1v) is 11.5. The highest BCUT2D eigenvalue weighted by molar-refractivity contribution is 6.74. The number of hydrogen-bond acceptors (Lipinski definition) is 4. The van der Waals surface area contributed by atoms with Crippen LogP contribution >= 0.6 is 0 Å². The zero-order chi connectivity index (χ0) is 17.8. The molecule has 0 saturated heterocycles. The Hall–Kier alpha value is -0.493. The number of carbonyl (C=O) groups excluding carboxylic acids is 1. The van der Waals surface area contributed by atoms with E-state index < -0.39 is 8.32 Å². The molecular weight excluding hydrogens is 308 g/mol. The first-order chi connectivity index (χ1) is 10.5. The van der Waals surface area contributed by atoms with E-state index in [-0.39, 0.29) is 23.5 Å². The summed E-state index contributed by atoms with van der Waals surface area (Å²) >= 11 is 0. The maximum absolute atomic E-state index is 11.4. The Morgan fingerprint density at radius 2 is 1.96 bits per heavy atom. The molecular formula is C18H34O4Si. The average molecular weight is 343 g/mol. The molecule has 0 bridgehead atoms. The van der Waals surface area contributed by atoms with Gasteiger partial charge in [-0.05, 0) is 50.0 Å². The lowest BCUT2D eigenvalue weighted by Crippen LogP contribution is -2.46. The molecule has 0 saturated carbocycles. The Morgan fingerprint density at radius 3 is 2.43 bits per heavy atom. The molecule has 1 aliphatic rings. The van der Waals surface area contributed by atoms with Gasteiger partial charge < -0.3 is 13.9 Å². The zero-order valence-corrected chi connectivity index (χ0v) is 17.1. The van der Waals surface area contributed by atoms with Gasteiger partial charge in [0, 0.05) is 19.4 Å². The molecule has 2 unspecified atom stereocenters. The molecule has 0 aromatic carbocycles. The van der Waals surface area contributed by atoms with Crippen LogP contribution < -0.4 is 0 Å². The smallest absolute Gasteiger partial charge is 0.192 e. The molecule has 0 radical (unpaired) electrons. The summed E-state index contributed by atoms with van der Waals surface area (Å²) in [6.45, 7) is 17.7. The minimum atomic E-state index is -1.90. The van der Waals surface area contributed by atoms with Crippen LogP contribution in [0, 0.1) is 0 Å². The third kappa shape index (κ3) is 5.52. The van der Waals surface area contributed by atoms with Crippen LogP contribution in [-0.2, 0) is 18.7 Å². The highest BCUT2D eigenvalue weighted by Gasteiger charge is 2.41. The number of aldehydes is 1. The molecule has 0 N–H and O–H groups in total. The minimum absolute atomic E-state index is 0.0322. The van der Waals surface area contributed by atoms with E-state index in [4.69, 9.17) is 13.9 Å². The van der Waals surface area contributed by atoms with E-state index in [0.717, 1.165) is 23.9 Å². The second-order valence-corrected chi connectivity index (χ2v) is 12.7. The monoisotopic (exact) mass is 342 g/mol. The fourth-order valence-electron chi connectivity index (χ4n) is 2.57. The molecule has 23 heavy (non-hydrogen) atoms. The SMILES string of the molecule is CCOC(C)O[C@@H]1CC(C=O)=C(C)C(O[Si](C)(C)C(C)(C)C)C1. The van der Waals surface area contributed by atoms with E-state index in [1.54, 1.807) is 0 Å². The fraction of sp³-hybridized carbons (Fsp3) is 0.833. The van der Waals surface area contributed by atoms with Crippen molar-refractivity contribution in [2.75, 3.05) is 6.61 Å². The zero-order valence-electron chi connectivity index (χ0n) is 16.1. The summed E-state index contributed by atoms with van der Waals surface area (Å²) in [5.41, 5.74) is 1.88. The van der Waals surface area contributed by atoms with Crippen molar-refractivity contribution in [2.24, 2.45) is 0 Å². The molecule has 3 atom stereocenters. The molecule has 1 aliphatic carbocycles. The van der Waals surface area contributed by atoms with Gasteiger partial charge in [0.2, 0.25) is 0 Å². The van der Waals surface area contributed by atoms with Crippen molar-refractivity contribution in [3.05, 3.63) is 11.1 Å². The highest BCUT2D eigenvalue weighted by atomic mass is 28.4. The lowest BCUT2D eigenvalue weighted by molar-refractivity contribution is -0.163. The van der Waals surface area contributed by atoms with Crippen LogP contribution in [0.2, 0.25) is 18.1 Å². The van der Waals surface area contributed by atoms with Crippen LogP contribution in [0.4, 0.5) is 0 Å². The van der Waals surface area contributed by atoms with Crippen molar-refractivity contribution >= 4 is 14.6 Å². The number of ether oxygens (including phenoxy) is 2. The van der Waals surface area contributed by atoms with Crippen LogP contribution in [0.5, 0.6) is 0 Å². The third-order valence-electron chi connectivity index (χ3n) is 5.08. The second-order valence-electron chi connectivity index (χ2n) is 7.91. The van der Waals surface area contributed by atoms with E-state index in [1.165, 1.54) is 0 Å². The van der Waals surface area contributed by atoms with Crippen LogP contribution in [0.1, 0.15) is 54.4 Å². The maximum Gasteiger partial charge on any atom is 0.192 e. The summed E-state index contributed by atoms with van der Waals surface area (Å²) in [7, 11) is -1.90. The molecule has 0 aromatic rings. The van der Waals surface area contributed by atoms with Crippen molar-refractivity contribution < 1.29 is 18.7 Å². The Labute approximate surface area is 142 Å². The van der Waals surface area contributed by atoms with Crippen molar-refractivity contribution in [1.29, 1.82) is 0 Å². The van der Waals surface area contributed by atoms with Crippen molar-refractivity contribution in [2.45, 2.75) is 91.0 Å². The van der Waals surface area contributed by atoms with E-state index >= 15 is 0 Å². The molecule has 0 aliphatic heterocycles. The van der Waals surface area contributed by atoms with Crippen molar-refractivity contribution in [3.63, 3.8) is 0 Å². The first kappa shape index (κ1) is 20.6. The van der Waals surface area contributed by atoms with Gasteiger partial charge in [-0.1, -0.05) is 20.8 Å². The summed E-state index contributed by atoms with van der Waals surface area (Å²) in [5.74, 6) is 0. The van der Waals surface area contributed by atoms with Gasteiger partial charge in [0.15, 0.2) is 14.6 Å². The standard InChI is InChI=1S/C18H34O4Si/c1-9-20-14(3)21-16-10-15(12-19)13(2)17(11-16)22-23(7,8)18(4,5)6/h12,14,16-17H,9-11H2,1-8H3/t14?,16-,17?/m1/s1. The molecule has 1 rings (SSSR count). The van der Waals surface area contributed by atoms with E-state index in [9.17, 15) is 4.79 Å². The van der Waals surface area contributed by atoms with Crippen molar-refractivity contribution in [1.82, 2.24) is 0 Å². The summed E-state index contributed by atoms with van der Waals surface area (Å²) in [5, 5.41) is 0.140. The normalized spacial score (nSPS) is 24.7. The molecule has 5 heteroatoms. The van der Waals surface area contributed by atoms with E-state index in [1.807, 2.05) is 20.8 Å². The maximum atomic E-state index is 11.4. The van der Waals surface area contributed by atoms with Crippen LogP contribution in [0.25, 0.3) is 0 Å². The largest absolute Gasteiger partial charge is 0.410 e. The Kier molecular flexibility index (Phi) is 7.20. The molecule has 0 amide bonds. The fourth-order valence-corrected chi connectivity index (χ4v) is 3.91. The molecule has 0 aromatic heterocycles. The van der Waals surface area contributed by atoms with Crippen LogP contribution in [0.15, 0.2) is 11.1 Å². The van der Waals surface area contributed by atoms with Gasteiger partial charge in [-0.15, -0.1) is 0 Å². The Morgan fingerprint density at radius 1 is 1.35 bits per heavy atom. The molecule has 0 fully saturated rings. The Balaban J connectivity index is 2.90. The molecule has 4 nitrogen and oxygen atoms in total. The highest BCUT2D eigenvalue weighted by Crippen LogP contribution is 2.40. The molecule has 0 heterocycles. The summed E-state index contributed by atoms with van der Waals surface area (Å²) < 4.78 is 18.0. The van der Waals surface area contributed by atoms with Crippen LogP contribution in [-0.4, -0.2) is 39.7 Å². The number of hydrogen-bond donors (Lipinski definition) is 0. The van der Waals surface area contributed by atoms with Crippen LogP contribution in [0.3, 0.4) is 0 Å². The number of carbonyl (C=O) groups is 1. The lowest BCUT2D eigenvalue weighted by atomic mass is 9.89. The lowest BCUT2D eigenvalue weighted by Gasteiger charge is -2.42. The van der Waals surface area contributed by atoms with E-state index in [0.29, 0.717) is 13.0 Å². The van der Waals surface area contributed by atoms with Gasteiger partial charge in [0.05, 0.1) is 12.2 Å². The van der Waals surface area contributed by atoms with Crippen molar-refractivity contribution in [3.8, 4) is 0 Å².